The van der Waals surface area contributed by atoms with Crippen LogP contribution in [0.2, 0.25) is 5.02 Å². The summed E-state index contributed by atoms with van der Waals surface area (Å²) >= 11 is 6.76. The second-order valence-corrected chi connectivity index (χ2v) is 9.76. The van der Waals surface area contributed by atoms with Gasteiger partial charge in [-0.2, -0.15) is 0 Å². The van der Waals surface area contributed by atoms with Gasteiger partial charge in [-0.05, 0) is 31.6 Å². The van der Waals surface area contributed by atoms with Gasteiger partial charge in [0.2, 0.25) is 5.91 Å². The molecule has 3 atom stereocenters. The summed E-state index contributed by atoms with van der Waals surface area (Å²) in [6.45, 7) is 7.06. The lowest BCUT2D eigenvalue weighted by atomic mass is 10.0. The van der Waals surface area contributed by atoms with E-state index < -0.39 is 11.9 Å². The molecule has 0 saturated carbocycles. The monoisotopic (exact) mass is 530 g/mol. The second-order valence-electron chi connectivity index (χ2n) is 9.38. The molecule has 5 rings (SSSR count). The summed E-state index contributed by atoms with van der Waals surface area (Å²) in [6.07, 6.45) is 1.86. The van der Waals surface area contributed by atoms with Crippen molar-refractivity contribution in [3.63, 3.8) is 0 Å². The molecule has 0 bridgehead atoms. The van der Waals surface area contributed by atoms with Gasteiger partial charge in [-0.1, -0.05) is 24.2 Å². The quantitative estimate of drug-likeness (QED) is 0.607. The highest BCUT2D eigenvalue weighted by Crippen LogP contribution is 2.47. The van der Waals surface area contributed by atoms with Crippen LogP contribution in [0.25, 0.3) is 11.3 Å². The minimum absolute atomic E-state index is 0.0183. The number of aromatic hydroxyl groups is 1. The van der Waals surface area contributed by atoms with E-state index in [2.05, 4.69) is 6.58 Å². The Morgan fingerprint density at radius 1 is 1.30 bits per heavy atom. The van der Waals surface area contributed by atoms with Crippen LogP contribution in [-0.4, -0.2) is 89.8 Å². The van der Waals surface area contributed by atoms with E-state index in [9.17, 15) is 19.1 Å². The van der Waals surface area contributed by atoms with E-state index in [1.807, 2.05) is 11.8 Å². The fourth-order valence-electron chi connectivity index (χ4n) is 5.42. The number of piperazine rings is 1. The average molecular weight is 531 g/mol. The lowest BCUT2D eigenvalue weighted by Gasteiger charge is -2.39. The molecule has 11 heteroatoms. The molecule has 0 radical (unpaired) electrons. The Balaban J connectivity index is 1.67. The molecular weight excluding hydrogens is 503 g/mol. The van der Waals surface area contributed by atoms with Gasteiger partial charge < -0.3 is 29.3 Å². The number of phenols is 1. The highest BCUT2D eigenvalue weighted by atomic mass is 35.5. The zero-order chi connectivity index (χ0) is 26.4. The fraction of sp³-hybridized carbons (Fsp3) is 0.423. The Kier molecular flexibility index (Phi) is 6.72. The summed E-state index contributed by atoms with van der Waals surface area (Å²) in [6, 6.07) is 3.37. The first-order valence-corrected chi connectivity index (χ1v) is 12.5. The van der Waals surface area contributed by atoms with Crippen LogP contribution in [0.1, 0.15) is 23.7 Å². The molecule has 37 heavy (non-hydrogen) atoms. The molecule has 0 aliphatic carbocycles. The third kappa shape index (κ3) is 4.18. The van der Waals surface area contributed by atoms with Crippen molar-refractivity contribution in [3.05, 3.63) is 47.3 Å². The number of ether oxygens (including phenoxy) is 2. The van der Waals surface area contributed by atoms with Crippen LogP contribution in [-0.2, 0) is 9.53 Å². The molecule has 1 aromatic carbocycles. The van der Waals surface area contributed by atoms with Crippen molar-refractivity contribution in [1.29, 1.82) is 0 Å². The number of halogens is 2. The van der Waals surface area contributed by atoms with E-state index in [4.69, 9.17) is 26.1 Å². The highest BCUT2D eigenvalue weighted by molar-refractivity contribution is 6.35. The van der Waals surface area contributed by atoms with Crippen molar-refractivity contribution < 1.29 is 28.6 Å². The summed E-state index contributed by atoms with van der Waals surface area (Å²) in [5.74, 6) is -1.22. The number of anilines is 1. The molecule has 9 nitrogen and oxygen atoms in total. The molecule has 0 unspecified atom stereocenters. The van der Waals surface area contributed by atoms with Crippen molar-refractivity contribution in [2.45, 2.75) is 31.5 Å². The number of methoxy groups -OCH3 is 1. The Labute approximate surface area is 219 Å². The zero-order valence-corrected chi connectivity index (χ0v) is 21.4. The van der Waals surface area contributed by atoms with E-state index in [1.54, 1.807) is 16.9 Å². The maximum absolute atomic E-state index is 14.9. The topological polar surface area (TPSA) is 95.4 Å². The van der Waals surface area contributed by atoms with Crippen LogP contribution in [0.4, 0.5) is 10.2 Å². The molecular formula is C26H28ClFN4O5. The normalized spacial score (nSPS) is 23.3. The van der Waals surface area contributed by atoms with Crippen LogP contribution in [0.3, 0.4) is 0 Å². The van der Waals surface area contributed by atoms with Crippen molar-refractivity contribution >= 4 is 29.2 Å². The number of benzene rings is 1. The van der Waals surface area contributed by atoms with Gasteiger partial charge in [0.15, 0.2) is 5.75 Å². The lowest BCUT2D eigenvalue weighted by Crippen LogP contribution is -2.57. The van der Waals surface area contributed by atoms with Crippen molar-refractivity contribution in [2.24, 2.45) is 0 Å². The van der Waals surface area contributed by atoms with Crippen LogP contribution in [0.15, 0.2) is 30.9 Å². The molecule has 2 fully saturated rings. The highest BCUT2D eigenvalue weighted by Gasteiger charge is 2.43. The van der Waals surface area contributed by atoms with Gasteiger partial charge in [-0.15, -0.1) is 0 Å². The summed E-state index contributed by atoms with van der Waals surface area (Å²) in [5.41, 5.74) is -0.0122. The van der Waals surface area contributed by atoms with Gasteiger partial charge in [-0.25, -0.2) is 9.37 Å². The number of carbonyl (C=O) groups excluding carboxylic acids is 2. The van der Waals surface area contributed by atoms with Gasteiger partial charge in [0.05, 0.1) is 23.8 Å². The van der Waals surface area contributed by atoms with E-state index in [1.165, 1.54) is 24.3 Å². The maximum atomic E-state index is 14.9. The maximum Gasteiger partial charge on any atom is 0.261 e. The number of pyridine rings is 1. The third-order valence-corrected chi connectivity index (χ3v) is 7.78. The van der Waals surface area contributed by atoms with Crippen LogP contribution >= 0.6 is 11.6 Å². The molecule has 2 amide bonds. The predicted octanol–water partition coefficient (Wildman–Crippen LogP) is 3.09. The smallest absolute Gasteiger partial charge is 0.261 e. The summed E-state index contributed by atoms with van der Waals surface area (Å²) in [4.78, 5) is 36.2. The van der Waals surface area contributed by atoms with Crippen LogP contribution < -0.4 is 9.64 Å². The molecule has 4 heterocycles. The van der Waals surface area contributed by atoms with E-state index in [0.717, 1.165) is 0 Å². The minimum atomic E-state index is -0.708. The number of hydrogen-bond acceptors (Lipinski definition) is 7. The Morgan fingerprint density at radius 2 is 2.08 bits per heavy atom. The summed E-state index contributed by atoms with van der Waals surface area (Å²) in [7, 11) is 1.63. The number of aromatic nitrogens is 1. The SMILES string of the molecule is C=CC(=O)N1CCN2C(=O)c3c(N4CC[C@@H](OC)[C@@H]4C)nc(-c4c(O)cccc4F)c(Cl)c3OC[C@H]2C1. The molecule has 196 valence electrons. The standard InChI is InChI=1S/C26H28ClFN4O5/c1-4-19(34)30-10-11-32-15(12-30)13-37-24-21(26(32)35)25(31-9-8-18(36-3)14(31)2)29-23(22(24)27)20-16(28)6-5-7-17(20)33/h4-7,14-15,18,33H,1,8-13H2,2-3H3/t14-,15+,18+/m0/s1. The Hall–Kier alpha value is -3.37. The Bertz CT molecular complexity index is 1250. The average Bonchev–Trinajstić information content (AvgIpc) is 3.19. The molecule has 3 aliphatic rings. The Morgan fingerprint density at radius 3 is 2.76 bits per heavy atom. The molecule has 1 aromatic heterocycles. The minimum Gasteiger partial charge on any atom is -0.507 e. The molecule has 3 aliphatic heterocycles. The largest absolute Gasteiger partial charge is 0.507 e. The first kappa shape index (κ1) is 25.3. The van der Waals surface area contributed by atoms with Gasteiger partial charge in [0.1, 0.15) is 40.3 Å². The van der Waals surface area contributed by atoms with Crippen LogP contribution in [0.5, 0.6) is 11.5 Å². The first-order valence-electron chi connectivity index (χ1n) is 12.1. The number of phenolic OH excluding ortho intramolecular Hbond substituents is 1. The third-order valence-electron chi connectivity index (χ3n) is 7.43. The molecule has 2 aromatic rings. The van der Waals surface area contributed by atoms with Crippen molar-refractivity contribution in [3.8, 4) is 22.8 Å². The fourth-order valence-corrected chi connectivity index (χ4v) is 5.71. The van der Waals surface area contributed by atoms with Gasteiger partial charge in [-0.3, -0.25) is 9.59 Å². The van der Waals surface area contributed by atoms with E-state index in [-0.39, 0.29) is 70.5 Å². The number of amides is 2. The number of rotatable bonds is 4. The lowest BCUT2D eigenvalue weighted by molar-refractivity contribution is -0.128. The van der Waals surface area contributed by atoms with Crippen molar-refractivity contribution in [2.75, 3.05) is 44.8 Å². The predicted molar refractivity (Wildman–Crippen MR) is 136 cm³/mol. The number of nitrogens with zero attached hydrogens (tertiary/aromatic N) is 4. The van der Waals surface area contributed by atoms with Gasteiger partial charge in [0.25, 0.3) is 5.91 Å². The molecule has 1 N–H and O–H groups in total. The van der Waals surface area contributed by atoms with E-state index in [0.29, 0.717) is 31.9 Å². The first-order chi connectivity index (χ1) is 17.8. The number of hydrogen-bond donors (Lipinski definition) is 1. The van der Waals surface area contributed by atoms with E-state index >= 15 is 0 Å². The zero-order valence-electron chi connectivity index (χ0n) is 20.6. The van der Waals surface area contributed by atoms with Gasteiger partial charge in [0, 0.05) is 33.3 Å². The second kappa shape index (κ2) is 9.83. The van der Waals surface area contributed by atoms with Crippen molar-refractivity contribution in [1.82, 2.24) is 14.8 Å². The number of carbonyl (C=O) groups is 2. The number of fused-ring (bicyclic) bond motifs is 2. The van der Waals surface area contributed by atoms with Crippen LogP contribution in [0, 0.1) is 5.82 Å². The molecule has 0 spiro atoms. The summed E-state index contributed by atoms with van der Waals surface area (Å²) < 4.78 is 26.7. The van der Waals surface area contributed by atoms with Gasteiger partial charge >= 0.3 is 0 Å². The summed E-state index contributed by atoms with van der Waals surface area (Å²) in [5, 5.41) is 10.4. The molecule has 2 saturated heterocycles.